The maximum absolute atomic E-state index is 9.63. The Bertz CT molecular complexity index is 885. The summed E-state index contributed by atoms with van der Waals surface area (Å²) in [5, 5.41) is 9.63. The number of ether oxygens (including phenoxy) is 2. The summed E-state index contributed by atoms with van der Waals surface area (Å²) in [5.74, 6) is 8.98. The van der Waals surface area contributed by atoms with E-state index in [0.29, 0.717) is 5.92 Å². The second kappa shape index (κ2) is 9.53. The summed E-state index contributed by atoms with van der Waals surface area (Å²) < 4.78 is 12.0. The van der Waals surface area contributed by atoms with E-state index >= 15 is 0 Å². The summed E-state index contributed by atoms with van der Waals surface area (Å²) >= 11 is 0. The van der Waals surface area contributed by atoms with Gasteiger partial charge in [-0.05, 0) is 87.1 Å². The van der Waals surface area contributed by atoms with E-state index < -0.39 is 0 Å². The van der Waals surface area contributed by atoms with Gasteiger partial charge in [-0.25, -0.2) is 0 Å². The van der Waals surface area contributed by atoms with Crippen molar-refractivity contribution >= 4 is 0 Å². The summed E-state index contributed by atoms with van der Waals surface area (Å²) in [6.45, 7) is 0.256. The van der Waals surface area contributed by atoms with Crippen molar-refractivity contribution < 1.29 is 14.6 Å². The second-order valence-electron chi connectivity index (χ2n) is 8.58. The molecule has 4 nitrogen and oxygen atoms in total. The smallest absolute Gasteiger partial charge is 0.161 e. The third kappa shape index (κ3) is 4.63. The average molecular weight is 406 g/mol. The molecule has 2 fully saturated rings. The molecule has 2 aliphatic rings. The van der Waals surface area contributed by atoms with Crippen LogP contribution in [0.2, 0.25) is 0 Å². The highest BCUT2D eigenvalue weighted by Crippen LogP contribution is 2.44. The molecule has 30 heavy (non-hydrogen) atoms. The molecular formula is C26H31NO3. The van der Waals surface area contributed by atoms with Crippen molar-refractivity contribution in [1.82, 2.24) is 4.98 Å². The molecule has 158 valence electrons. The van der Waals surface area contributed by atoms with Crippen LogP contribution in [0, 0.1) is 17.8 Å². The number of aromatic nitrogens is 1. The van der Waals surface area contributed by atoms with Gasteiger partial charge in [-0.1, -0.05) is 17.9 Å². The third-order valence-corrected chi connectivity index (χ3v) is 6.66. The Hall–Kier alpha value is -2.51. The van der Waals surface area contributed by atoms with Crippen molar-refractivity contribution in [2.45, 2.75) is 62.9 Å². The van der Waals surface area contributed by atoms with Crippen LogP contribution in [0.4, 0.5) is 0 Å². The summed E-state index contributed by atoms with van der Waals surface area (Å²) in [5.41, 5.74) is 1.92. The van der Waals surface area contributed by atoms with Crippen molar-refractivity contribution in [3.63, 3.8) is 0 Å². The predicted molar refractivity (Wildman–Crippen MR) is 118 cm³/mol. The number of aliphatic hydroxyl groups excluding tert-OH is 1. The fourth-order valence-electron chi connectivity index (χ4n) is 4.72. The quantitative estimate of drug-likeness (QED) is 0.720. The van der Waals surface area contributed by atoms with Gasteiger partial charge in [0.15, 0.2) is 11.5 Å². The van der Waals surface area contributed by atoms with Crippen LogP contribution in [0.1, 0.15) is 62.5 Å². The molecule has 0 radical (unpaired) electrons. The fourth-order valence-corrected chi connectivity index (χ4v) is 4.72. The first-order chi connectivity index (χ1) is 14.7. The van der Waals surface area contributed by atoms with Crippen molar-refractivity contribution in [2.75, 3.05) is 13.7 Å². The highest BCUT2D eigenvalue weighted by molar-refractivity contribution is 5.49. The fraction of sp³-hybridized carbons (Fsp3) is 0.500. The molecule has 4 heteroatoms. The standard InChI is InChI=1S/C26H31NO3/c1-29-24-7-6-22(18-25(24)30-23-4-2-3-5-23)26(14-9-21(19-28)10-15-26)13-8-20-11-16-27-17-12-20/h6-7,11-12,16-18,21,23,28H,2-5,9-10,14-15,19H2,1H3. The summed E-state index contributed by atoms with van der Waals surface area (Å²) in [7, 11) is 1.70. The normalized spacial score (nSPS) is 24.1. The van der Waals surface area contributed by atoms with Gasteiger partial charge in [-0.2, -0.15) is 0 Å². The van der Waals surface area contributed by atoms with Crippen molar-refractivity contribution in [1.29, 1.82) is 0 Å². The van der Waals surface area contributed by atoms with Gasteiger partial charge in [0.2, 0.25) is 0 Å². The molecule has 4 rings (SSSR count). The molecule has 2 aromatic rings. The first kappa shape index (κ1) is 20.8. The lowest BCUT2D eigenvalue weighted by molar-refractivity contribution is 0.168. The number of methoxy groups -OCH3 is 1. The number of hydrogen-bond donors (Lipinski definition) is 1. The summed E-state index contributed by atoms with van der Waals surface area (Å²) in [6, 6.07) is 10.2. The van der Waals surface area contributed by atoms with E-state index in [1.807, 2.05) is 18.2 Å². The van der Waals surface area contributed by atoms with Crippen LogP contribution < -0.4 is 9.47 Å². The Morgan fingerprint density at radius 1 is 1.03 bits per heavy atom. The lowest BCUT2D eigenvalue weighted by Gasteiger charge is -2.37. The first-order valence-corrected chi connectivity index (χ1v) is 11.1. The van der Waals surface area contributed by atoms with Gasteiger partial charge < -0.3 is 14.6 Å². The van der Waals surface area contributed by atoms with Crippen LogP contribution in [0.3, 0.4) is 0 Å². The Morgan fingerprint density at radius 3 is 2.43 bits per heavy atom. The van der Waals surface area contributed by atoms with Gasteiger partial charge in [-0.3, -0.25) is 4.98 Å². The van der Waals surface area contributed by atoms with E-state index in [1.165, 1.54) is 18.4 Å². The molecule has 0 spiro atoms. The Kier molecular flexibility index (Phi) is 6.59. The molecule has 1 N–H and O–H groups in total. The van der Waals surface area contributed by atoms with Gasteiger partial charge in [0.1, 0.15) is 0 Å². The molecule has 2 aliphatic carbocycles. The van der Waals surface area contributed by atoms with E-state index in [0.717, 1.165) is 55.6 Å². The second-order valence-corrected chi connectivity index (χ2v) is 8.58. The zero-order valence-electron chi connectivity index (χ0n) is 17.8. The number of rotatable bonds is 5. The highest BCUT2D eigenvalue weighted by atomic mass is 16.5. The van der Waals surface area contributed by atoms with E-state index in [2.05, 4.69) is 29.0 Å². The number of benzene rings is 1. The third-order valence-electron chi connectivity index (χ3n) is 6.66. The molecule has 2 saturated carbocycles. The van der Waals surface area contributed by atoms with Crippen LogP contribution in [0.5, 0.6) is 11.5 Å². The zero-order valence-corrected chi connectivity index (χ0v) is 17.8. The predicted octanol–water partition coefficient (Wildman–Crippen LogP) is 4.88. The minimum atomic E-state index is -0.241. The van der Waals surface area contributed by atoms with Gasteiger partial charge in [0.05, 0.1) is 18.6 Å². The maximum Gasteiger partial charge on any atom is 0.161 e. The lowest BCUT2D eigenvalue weighted by Crippen LogP contribution is -2.31. The number of nitrogens with zero attached hydrogens (tertiary/aromatic N) is 1. The Morgan fingerprint density at radius 2 is 1.77 bits per heavy atom. The van der Waals surface area contributed by atoms with Crippen LogP contribution in [-0.4, -0.2) is 29.9 Å². The van der Waals surface area contributed by atoms with Crippen molar-refractivity contribution in [2.24, 2.45) is 5.92 Å². The van der Waals surface area contributed by atoms with Crippen LogP contribution in [-0.2, 0) is 5.41 Å². The SMILES string of the molecule is COc1ccc(C2(C#Cc3ccncc3)CCC(CO)CC2)cc1OC1CCCC1. The highest BCUT2D eigenvalue weighted by Gasteiger charge is 2.36. The molecule has 1 heterocycles. The molecular weight excluding hydrogens is 374 g/mol. The summed E-state index contributed by atoms with van der Waals surface area (Å²) in [4.78, 5) is 4.09. The van der Waals surface area contributed by atoms with E-state index in [4.69, 9.17) is 9.47 Å². The Labute approximate surface area is 179 Å². The molecule has 0 unspecified atom stereocenters. The monoisotopic (exact) mass is 405 g/mol. The van der Waals surface area contributed by atoms with E-state index in [9.17, 15) is 5.11 Å². The van der Waals surface area contributed by atoms with E-state index in [1.54, 1.807) is 19.5 Å². The number of pyridine rings is 1. The molecule has 1 aromatic heterocycles. The maximum atomic E-state index is 9.63. The van der Waals surface area contributed by atoms with Gasteiger partial charge in [0, 0.05) is 24.6 Å². The topological polar surface area (TPSA) is 51.6 Å². The lowest BCUT2D eigenvalue weighted by atomic mass is 9.67. The zero-order chi connectivity index (χ0) is 20.8. The molecule has 0 amide bonds. The minimum Gasteiger partial charge on any atom is -0.493 e. The van der Waals surface area contributed by atoms with Crippen molar-refractivity contribution in [3.05, 3.63) is 53.9 Å². The molecule has 0 saturated heterocycles. The van der Waals surface area contributed by atoms with Crippen LogP contribution in [0.15, 0.2) is 42.7 Å². The number of aliphatic hydroxyl groups is 1. The van der Waals surface area contributed by atoms with Gasteiger partial charge in [-0.15, -0.1) is 0 Å². The minimum absolute atomic E-state index is 0.241. The first-order valence-electron chi connectivity index (χ1n) is 11.1. The van der Waals surface area contributed by atoms with Gasteiger partial charge in [0.25, 0.3) is 0 Å². The van der Waals surface area contributed by atoms with Gasteiger partial charge >= 0.3 is 0 Å². The largest absolute Gasteiger partial charge is 0.493 e. The molecule has 0 aliphatic heterocycles. The molecule has 0 bridgehead atoms. The Balaban J connectivity index is 1.69. The molecule has 0 atom stereocenters. The summed E-state index contributed by atoms with van der Waals surface area (Å²) in [6.07, 6.45) is 12.3. The van der Waals surface area contributed by atoms with Crippen molar-refractivity contribution in [3.8, 4) is 23.3 Å². The molecule has 1 aromatic carbocycles. The van der Waals surface area contributed by atoms with Crippen LogP contribution >= 0.6 is 0 Å². The van der Waals surface area contributed by atoms with Crippen LogP contribution in [0.25, 0.3) is 0 Å². The van der Waals surface area contributed by atoms with E-state index in [-0.39, 0.29) is 18.1 Å². The number of hydrogen-bond acceptors (Lipinski definition) is 4. The average Bonchev–Trinajstić information content (AvgIpc) is 3.32.